The number of hydrogen-bond donors (Lipinski definition) is 2. The number of nitrogens with one attached hydrogen (secondary N) is 1. The molecule has 0 bridgehead atoms. The number of nitrogens with zero attached hydrogens (tertiary/aromatic N) is 1. The maximum absolute atomic E-state index is 12.5. The lowest BCUT2D eigenvalue weighted by Crippen LogP contribution is -2.60. The number of phenolic OH excluding ortho intramolecular Hbond substituents is 1. The van der Waals surface area contributed by atoms with Crippen LogP contribution < -0.4 is 10.1 Å². The quantitative estimate of drug-likeness (QED) is 0.638. The second kappa shape index (κ2) is 5.75. The van der Waals surface area contributed by atoms with E-state index in [0.29, 0.717) is 5.56 Å². The highest BCUT2D eigenvalue weighted by molar-refractivity contribution is 6.31. The number of benzene rings is 1. The van der Waals surface area contributed by atoms with Gasteiger partial charge in [-0.1, -0.05) is 6.07 Å². The Morgan fingerprint density at radius 3 is 2.43 bits per heavy atom. The lowest BCUT2D eigenvalue weighted by Gasteiger charge is -2.36. The molecule has 7 nitrogen and oxygen atoms in total. The fourth-order valence-corrected chi connectivity index (χ4v) is 2.22. The molecule has 0 spiro atoms. The van der Waals surface area contributed by atoms with Crippen LogP contribution in [0.15, 0.2) is 23.8 Å². The van der Waals surface area contributed by atoms with Gasteiger partial charge in [-0.05, 0) is 44.5 Å². The normalized spacial score (nSPS) is 17.5. The number of rotatable bonds is 2. The lowest BCUT2D eigenvalue weighted by molar-refractivity contribution is -0.133. The molecule has 2 N–H and O–H groups in total. The van der Waals surface area contributed by atoms with Crippen LogP contribution in [0.1, 0.15) is 26.3 Å². The van der Waals surface area contributed by atoms with Gasteiger partial charge in [0.15, 0.2) is 11.5 Å². The van der Waals surface area contributed by atoms with E-state index in [2.05, 4.69) is 5.32 Å². The predicted molar refractivity (Wildman–Crippen MR) is 82.8 cm³/mol. The molecule has 0 radical (unpaired) electrons. The number of phenols is 1. The number of hydrogen-bond acceptors (Lipinski definition) is 5. The molecule has 1 saturated heterocycles. The van der Waals surface area contributed by atoms with E-state index < -0.39 is 23.4 Å². The molecule has 1 fully saturated rings. The van der Waals surface area contributed by atoms with E-state index >= 15 is 0 Å². The Hall–Kier alpha value is -2.83. The van der Waals surface area contributed by atoms with Crippen LogP contribution in [-0.4, -0.2) is 40.5 Å². The first-order chi connectivity index (χ1) is 10.6. The number of urea groups is 1. The molecule has 0 aromatic heterocycles. The molecule has 0 aliphatic carbocycles. The largest absolute Gasteiger partial charge is 0.504 e. The van der Waals surface area contributed by atoms with Gasteiger partial charge in [-0.15, -0.1) is 0 Å². The zero-order valence-electron chi connectivity index (χ0n) is 13.3. The minimum Gasteiger partial charge on any atom is -0.504 e. The topological polar surface area (TPSA) is 95.9 Å². The summed E-state index contributed by atoms with van der Waals surface area (Å²) in [4.78, 5) is 37.4. The van der Waals surface area contributed by atoms with Gasteiger partial charge >= 0.3 is 6.03 Å². The first kappa shape index (κ1) is 16.5. The Labute approximate surface area is 133 Å². The van der Waals surface area contributed by atoms with Crippen LogP contribution in [0.2, 0.25) is 0 Å². The van der Waals surface area contributed by atoms with Crippen LogP contribution in [0, 0.1) is 0 Å². The SMILES string of the molecule is COc1cc(C=C2C(=O)NC(=O)N(C(C)(C)C)C2=O)ccc1O. The molecule has 0 saturated carbocycles. The fourth-order valence-electron chi connectivity index (χ4n) is 2.22. The molecule has 1 heterocycles. The Bertz CT molecular complexity index is 716. The third-order valence-corrected chi connectivity index (χ3v) is 3.29. The molecule has 1 aromatic carbocycles. The summed E-state index contributed by atoms with van der Waals surface area (Å²) >= 11 is 0. The van der Waals surface area contributed by atoms with Gasteiger partial charge in [-0.3, -0.25) is 19.8 Å². The standard InChI is InChI=1S/C16H18N2O5/c1-16(2,3)18-14(21)10(13(20)17-15(18)22)7-9-5-6-11(19)12(8-9)23-4/h5-8,19H,1-4H3,(H,17,20,22). The maximum atomic E-state index is 12.5. The van der Waals surface area contributed by atoms with Gasteiger partial charge in [-0.2, -0.15) is 0 Å². The number of carbonyl (C=O) groups excluding carboxylic acids is 3. The van der Waals surface area contributed by atoms with Crippen molar-refractivity contribution in [3.8, 4) is 11.5 Å². The number of amides is 4. The lowest BCUT2D eigenvalue weighted by atomic mass is 10.0. The highest BCUT2D eigenvalue weighted by atomic mass is 16.5. The average molecular weight is 318 g/mol. The number of methoxy groups -OCH3 is 1. The summed E-state index contributed by atoms with van der Waals surface area (Å²) in [6.45, 7) is 5.09. The average Bonchev–Trinajstić information content (AvgIpc) is 2.43. The summed E-state index contributed by atoms with van der Waals surface area (Å²) in [7, 11) is 1.39. The molecule has 23 heavy (non-hydrogen) atoms. The number of ether oxygens (including phenoxy) is 1. The fraction of sp³-hybridized carbons (Fsp3) is 0.312. The van der Waals surface area contributed by atoms with E-state index in [1.165, 1.54) is 31.4 Å². The van der Waals surface area contributed by atoms with Crippen LogP contribution in [0.3, 0.4) is 0 Å². The molecule has 0 atom stereocenters. The van der Waals surface area contributed by atoms with Crippen LogP contribution in [0.4, 0.5) is 4.79 Å². The van der Waals surface area contributed by atoms with Crippen molar-refractivity contribution < 1.29 is 24.2 Å². The number of imide groups is 2. The van der Waals surface area contributed by atoms with Crippen LogP contribution in [0.5, 0.6) is 11.5 Å². The predicted octanol–water partition coefficient (Wildman–Crippen LogP) is 1.66. The van der Waals surface area contributed by atoms with Crippen molar-refractivity contribution in [3.05, 3.63) is 29.3 Å². The van der Waals surface area contributed by atoms with Gasteiger partial charge in [0, 0.05) is 5.54 Å². The second-order valence-corrected chi connectivity index (χ2v) is 6.06. The number of barbiturate groups is 1. The monoisotopic (exact) mass is 318 g/mol. The minimum atomic E-state index is -0.770. The zero-order valence-corrected chi connectivity index (χ0v) is 13.3. The molecular formula is C16H18N2O5. The van der Waals surface area contributed by atoms with Crippen molar-refractivity contribution >= 4 is 23.9 Å². The van der Waals surface area contributed by atoms with Gasteiger partial charge < -0.3 is 9.84 Å². The molecule has 2 rings (SSSR count). The first-order valence-corrected chi connectivity index (χ1v) is 6.93. The van der Waals surface area contributed by atoms with Gasteiger partial charge in [0.25, 0.3) is 11.8 Å². The summed E-state index contributed by atoms with van der Waals surface area (Å²) in [5.74, 6) is -1.27. The summed E-state index contributed by atoms with van der Waals surface area (Å²) < 4.78 is 4.99. The third kappa shape index (κ3) is 3.18. The van der Waals surface area contributed by atoms with E-state index in [0.717, 1.165) is 4.90 Å². The van der Waals surface area contributed by atoms with Gasteiger partial charge in [0.05, 0.1) is 7.11 Å². The summed E-state index contributed by atoms with van der Waals surface area (Å²) in [5, 5.41) is 11.7. The van der Waals surface area contributed by atoms with Crippen molar-refractivity contribution in [2.24, 2.45) is 0 Å². The first-order valence-electron chi connectivity index (χ1n) is 6.93. The molecule has 4 amide bonds. The molecule has 0 unspecified atom stereocenters. The van der Waals surface area contributed by atoms with E-state index in [1.807, 2.05) is 0 Å². The second-order valence-electron chi connectivity index (χ2n) is 6.06. The van der Waals surface area contributed by atoms with Crippen LogP contribution in [0.25, 0.3) is 6.08 Å². The Balaban J connectivity index is 2.46. The Morgan fingerprint density at radius 2 is 1.87 bits per heavy atom. The summed E-state index contributed by atoms with van der Waals surface area (Å²) in [5.41, 5.74) is -0.443. The maximum Gasteiger partial charge on any atom is 0.331 e. The Morgan fingerprint density at radius 1 is 1.22 bits per heavy atom. The van der Waals surface area contributed by atoms with Crippen molar-refractivity contribution in [2.45, 2.75) is 26.3 Å². The van der Waals surface area contributed by atoms with Gasteiger partial charge in [0.2, 0.25) is 0 Å². The van der Waals surface area contributed by atoms with Crippen LogP contribution >= 0.6 is 0 Å². The molecular weight excluding hydrogens is 300 g/mol. The molecule has 7 heteroatoms. The molecule has 122 valence electrons. The van der Waals surface area contributed by atoms with E-state index in [1.54, 1.807) is 20.8 Å². The zero-order chi connectivity index (χ0) is 17.4. The number of aromatic hydroxyl groups is 1. The van der Waals surface area contributed by atoms with E-state index in [4.69, 9.17) is 4.74 Å². The van der Waals surface area contributed by atoms with Crippen molar-refractivity contribution in [3.63, 3.8) is 0 Å². The number of carbonyl (C=O) groups is 3. The molecule has 1 aliphatic rings. The highest BCUT2D eigenvalue weighted by Gasteiger charge is 2.41. The van der Waals surface area contributed by atoms with Gasteiger partial charge in [-0.25, -0.2) is 4.79 Å². The van der Waals surface area contributed by atoms with Crippen molar-refractivity contribution in [1.29, 1.82) is 0 Å². The summed E-state index contributed by atoms with van der Waals surface area (Å²) in [6, 6.07) is 3.67. The van der Waals surface area contributed by atoms with Gasteiger partial charge in [0.1, 0.15) is 5.57 Å². The van der Waals surface area contributed by atoms with Crippen molar-refractivity contribution in [1.82, 2.24) is 10.2 Å². The molecule has 1 aromatic rings. The third-order valence-electron chi connectivity index (χ3n) is 3.29. The van der Waals surface area contributed by atoms with E-state index in [-0.39, 0.29) is 17.1 Å². The van der Waals surface area contributed by atoms with E-state index in [9.17, 15) is 19.5 Å². The minimum absolute atomic E-state index is 0.0550. The van der Waals surface area contributed by atoms with Crippen LogP contribution in [-0.2, 0) is 9.59 Å². The summed E-state index contributed by atoms with van der Waals surface area (Å²) in [6.07, 6.45) is 1.35. The Kier molecular flexibility index (Phi) is 4.14. The molecule has 1 aliphatic heterocycles. The van der Waals surface area contributed by atoms with Crippen molar-refractivity contribution in [2.75, 3.05) is 7.11 Å². The highest BCUT2D eigenvalue weighted by Crippen LogP contribution is 2.28. The smallest absolute Gasteiger partial charge is 0.331 e.